The molecule has 3 nitrogen and oxygen atoms in total. The highest BCUT2D eigenvalue weighted by molar-refractivity contribution is 7.16. The Morgan fingerprint density at radius 1 is 1.04 bits per heavy atom. The summed E-state index contributed by atoms with van der Waals surface area (Å²) < 4.78 is 0. The van der Waals surface area contributed by atoms with E-state index in [1.807, 2.05) is 36.5 Å². The summed E-state index contributed by atoms with van der Waals surface area (Å²) in [4.78, 5) is 19.1. The molecule has 1 heterocycles. The quantitative estimate of drug-likeness (QED) is 0.564. The van der Waals surface area contributed by atoms with Gasteiger partial charge >= 0.3 is 0 Å². The van der Waals surface area contributed by atoms with Crippen LogP contribution in [0.1, 0.15) is 44.8 Å². The molecule has 0 spiro atoms. The molecule has 0 aliphatic heterocycles. The molecule has 4 heteroatoms. The number of hydrogen-bond acceptors (Lipinski definition) is 3. The maximum absolute atomic E-state index is 13.0. The van der Waals surface area contributed by atoms with Crippen molar-refractivity contribution in [2.45, 2.75) is 32.6 Å². The molecule has 136 valence electrons. The van der Waals surface area contributed by atoms with Gasteiger partial charge in [0.25, 0.3) is 5.91 Å². The molecule has 1 aliphatic carbocycles. The second-order valence-corrected chi connectivity index (χ2v) is 7.96. The van der Waals surface area contributed by atoms with Crippen molar-refractivity contribution >= 4 is 34.1 Å². The molecule has 0 fully saturated rings. The summed E-state index contributed by atoms with van der Waals surface area (Å²) in [5, 5.41) is 3.85. The number of para-hydroxylation sites is 1. The number of rotatable bonds is 4. The van der Waals surface area contributed by atoms with Gasteiger partial charge < -0.3 is 5.32 Å². The molecule has 1 N–H and O–H groups in total. The summed E-state index contributed by atoms with van der Waals surface area (Å²) in [5.74, 6) is -0.0587. The van der Waals surface area contributed by atoms with E-state index >= 15 is 0 Å². The highest BCUT2D eigenvalue weighted by Crippen LogP contribution is 2.40. The normalized spacial score (nSPS) is 13.5. The summed E-state index contributed by atoms with van der Waals surface area (Å²) in [6.45, 7) is 2.07. The topological polar surface area (TPSA) is 41.5 Å². The van der Waals surface area contributed by atoms with Crippen molar-refractivity contribution in [3.63, 3.8) is 0 Å². The smallest absolute Gasteiger partial charge is 0.259 e. The number of anilines is 1. The van der Waals surface area contributed by atoms with Crippen LogP contribution in [0.5, 0.6) is 0 Å². The van der Waals surface area contributed by atoms with Crippen LogP contribution in [-0.4, -0.2) is 12.1 Å². The van der Waals surface area contributed by atoms with E-state index in [9.17, 15) is 4.79 Å². The molecule has 0 saturated carbocycles. The molecule has 0 bridgehead atoms. The molecule has 2 aromatic carbocycles. The molecular formula is C23H22N2OS. The molecule has 1 aliphatic rings. The van der Waals surface area contributed by atoms with Crippen LogP contribution < -0.4 is 5.32 Å². The minimum Gasteiger partial charge on any atom is -0.322 e. The van der Waals surface area contributed by atoms with Crippen molar-refractivity contribution in [1.29, 1.82) is 0 Å². The number of carbonyl (C=O) groups is 1. The van der Waals surface area contributed by atoms with Crippen molar-refractivity contribution in [2.24, 2.45) is 4.99 Å². The van der Waals surface area contributed by atoms with Gasteiger partial charge in [0.1, 0.15) is 5.00 Å². The van der Waals surface area contributed by atoms with Gasteiger partial charge in [0, 0.05) is 16.8 Å². The Morgan fingerprint density at radius 2 is 1.78 bits per heavy atom. The van der Waals surface area contributed by atoms with Crippen molar-refractivity contribution < 1.29 is 4.79 Å². The van der Waals surface area contributed by atoms with Crippen molar-refractivity contribution in [3.8, 4) is 0 Å². The zero-order valence-corrected chi connectivity index (χ0v) is 16.2. The highest BCUT2D eigenvalue weighted by Gasteiger charge is 2.25. The number of benzene rings is 2. The third kappa shape index (κ3) is 4.01. The summed E-state index contributed by atoms with van der Waals surface area (Å²) in [5.41, 5.74) is 5.02. The van der Waals surface area contributed by atoms with Crippen LogP contribution in [0.2, 0.25) is 0 Å². The Bertz CT molecular complexity index is 972. The zero-order chi connectivity index (χ0) is 18.6. The van der Waals surface area contributed by atoms with Crippen molar-refractivity contribution in [2.75, 3.05) is 5.32 Å². The van der Waals surface area contributed by atoms with Crippen LogP contribution in [0.3, 0.4) is 0 Å². The predicted molar refractivity (Wildman–Crippen MR) is 114 cm³/mol. The monoisotopic (exact) mass is 374 g/mol. The predicted octanol–water partition coefficient (Wildman–Crippen LogP) is 5.94. The number of hydrogen-bond donors (Lipinski definition) is 1. The average molecular weight is 375 g/mol. The van der Waals surface area contributed by atoms with Crippen LogP contribution in [-0.2, 0) is 12.8 Å². The van der Waals surface area contributed by atoms with E-state index in [0.29, 0.717) is 0 Å². The SMILES string of the molecule is Cc1ccc(C=Nc2sc3c(c2C(=O)Nc2ccccc2)CCCC3)cc1. The summed E-state index contributed by atoms with van der Waals surface area (Å²) in [7, 11) is 0. The largest absolute Gasteiger partial charge is 0.322 e. The Morgan fingerprint density at radius 3 is 2.56 bits per heavy atom. The Balaban J connectivity index is 1.67. The van der Waals surface area contributed by atoms with Crippen LogP contribution in [0, 0.1) is 6.92 Å². The Kier molecular flexibility index (Phi) is 5.16. The lowest BCUT2D eigenvalue weighted by molar-refractivity contribution is 0.102. The van der Waals surface area contributed by atoms with Gasteiger partial charge in [-0.2, -0.15) is 0 Å². The van der Waals surface area contributed by atoms with Crippen LogP contribution >= 0.6 is 11.3 Å². The Labute approximate surface area is 163 Å². The van der Waals surface area contributed by atoms with E-state index in [0.717, 1.165) is 41.1 Å². The first-order chi connectivity index (χ1) is 13.2. The average Bonchev–Trinajstić information content (AvgIpc) is 3.07. The van der Waals surface area contributed by atoms with E-state index in [1.54, 1.807) is 11.3 Å². The Hall–Kier alpha value is -2.72. The second-order valence-electron chi connectivity index (χ2n) is 6.88. The van der Waals surface area contributed by atoms with Crippen molar-refractivity contribution in [1.82, 2.24) is 0 Å². The highest BCUT2D eigenvalue weighted by atomic mass is 32.1. The molecule has 0 saturated heterocycles. The molecule has 0 atom stereocenters. The lowest BCUT2D eigenvalue weighted by atomic mass is 9.95. The maximum atomic E-state index is 13.0. The van der Waals surface area contributed by atoms with Crippen LogP contribution in [0.4, 0.5) is 10.7 Å². The van der Waals surface area contributed by atoms with Gasteiger partial charge in [-0.1, -0.05) is 48.0 Å². The number of fused-ring (bicyclic) bond motifs is 1. The van der Waals surface area contributed by atoms with E-state index in [1.165, 1.54) is 22.4 Å². The van der Waals surface area contributed by atoms with Crippen molar-refractivity contribution in [3.05, 3.63) is 81.7 Å². The van der Waals surface area contributed by atoms with Gasteiger partial charge in [-0.3, -0.25) is 4.79 Å². The number of carbonyl (C=O) groups excluding carboxylic acids is 1. The van der Waals surface area contributed by atoms with E-state index in [-0.39, 0.29) is 5.91 Å². The molecule has 1 aromatic heterocycles. The fourth-order valence-corrected chi connectivity index (χ4v) is 4.61. The van der Waals surface area contributed by atoms with E-state index < -0.39 is 0 Å². The number of amides is 1. The third-order valence-corrected chi connectivity index (χ3v) is 6.02. The molecule has 3 aromatic rings. The lowest BCUT2D eigenvalue weighted by Gasteiger charge is -2.12. The first-order valence-corrected chi connectivity index (χ1v) is 10.1. The molecule has 4 rings (SSSR count). The van der Waals surface area contributed by atoms with Crippen LogP contribution in [0.25, 0.3) is 0 Å². The van der Waals surface area contributed by atoms with Gasteiger partial charge in [-0.15, -0.1) is 11.3 Å². The number of aryl methyl sites for hydroxylation is 2. The molecule has 1 amide bonds. The summed E-state index contributed by atoms with van der Waals surface area (Å²) in [6, 6.07) is 17.9. The maximum Gasteiger partial charge on any atom is 0.259 e. The number of thiophene rings is 1. The minimum absolute atomic E-state index is 0.0587. The van der Waals surface area contributed by atoms with Gasteiger partial charge in [0.05, 0.1) is 5.56 Å². The second kappa shape index (κ2) is 7.89. The number of nitrogens with one attached hydrogen (secondary N) is 1. The van der Waals surface area contributed by atoms with Gasteiger partial charge in [0.15, 0.2) is 0 Å². The number of aliphatic imine (C=N–C) groups is 1. The van der Waals surface area contributed by atoms with E-state index in [2.05, 4.69) is 36.5 Å². The third-order valence-electron chi connectivity index (χ3n) is 4.82. The van der Waals surface area contributed by atoms with Gasteiger partial charge in [0.2, 0.25) is 0 Å². The van der Waals surface area contributed by atoms with E-state index in [4.69, 9.17) is 4.99 Å². The minimum atomic E-state index is -0.0587. The first kappa shape index (κ1) is 17.7. The molecule has 27 heavy (non-hydrogen) atoms. The van der Waals surface area contributed by atoms with Gasteiger partial charge in [-0.05, 0) is 55.9 Å². The lowest BCUT2D eigenvalue weighted by Crippen LogP contribution is -2.14. The summed E-state index contributed by atoms with van der Waals surface area (Å²) >= 11 is 1.66. The molecule has 0 unspecified atom stereocenters. The fraction of sp³-hybridized carbons (Fsp3) is 0.217. The van der Waals surface area contributed by atoms with Gasteiger partial charge in [-0.25, -0.2) is 4.99 Å². The number of nitrogens with zero attached hydrogens (tertiary/aromatic N) is 1. The first-order valence-electron chi connectivity index (χ1n) is 9.32. The standard InChI is InChI=1S/C23H22N2OS/c1-16-11-13-17(14-12-16)15-24-23-21(19-9-5-6-10-20(19)27-23)22(26)25-18-7-3-2-4-8-18/h2-4,7-8,11-15H,5-6,9-10H2,1H3,(H,25,26). The van der Waals surface area contributed by atoms with Crippen LogP contribution in [0.15, 0.2) is 59.6 Å². The molecule has 0 radical (unpaired) electrons. The molecular weight excluding hydrogens is 352 g/mol. The zero-order valence-electron chi connectivity index (χ0n) is 15.4. The summed E-state index contributed by atoms with van der Waals surface area (Å²) in [6.07, 6.45) is 6.19. The fourth-order valence-electron chi connectivity index (χ4n) is 3.38.